The van der Waals surface area contributed by atoms with Gasteiger partial charge >= 0.3 is 5.97 Å². The third-order valence-electron chi connectivity index (χ3n) is 1.77. The number of benzene rings is 1. The molecule has 0 aromatic heterocycles. The Morgan fingerprint density at radius 2 is 2.00 bits per heavy atom. The van der Waals surface area contributed by atoms with Gasteiger partial charge < -0.3 is 10.5 Å². The lowest BCUT2D eigenvalue weighted by atomic mass is 10.1. The fraction of sp³-hybridized carbons (Fsp3) is 0.300. The lowest BCUT2D eigenvalue weighted by molar-refractivity contribution is -0.144. The molecule has 1 rings (SSSR count). The molecule has 1 atom stereocenters. The van der Waals surface area contributed by atoms with Gasteiger partial charge in [-0.2, -0.15) is 0 Å². The molecule has 0 heterocycles. The van der Waals surface area contributed by atoms with E-state index in [1.165, 1.54) is 24.3 Å². The number of hydrogen-bond donors (Lipinski definition) is 1. The third-order valence-corrected chi connectivity index (χ3v) is 1.77. The fourth-order valence-electron chi connectivity index (χ4n) is 1.04. The van der Waals surface area contributed by atoms with Crippen LogP contribution in [0.5, 0.6) is 0 Å². The Bertz CT molecular complexity index is 316. The van der Waals surface area contributed by atoms with E-state index in [-0.39, 0.29) is 24.8 Å². The second-order valence-corrected chi connectivity index (χ2v) is 2.78. The van der Waals surface area contributed by atoms with Gasteiger partial charge in [0.2, 0.25) is 0 Å². The SMILES string of the molecule is CCOC(=O)C(N)c1ccc(F)cc1.Cl. The summed E-state index contributed by atoms with van der Waals surface area (Å²) in [5.74, 6) is -0.857. The summed E-state index contributed by atoms with van der Waals surface area (Å²) in [7, 11) is 0. The van der Waals surface area contributed by atoms with Crippen LogP contribution in [0.2, 0.25) is 0 Å². The van der Waals surface area contributed by atoms with Crippen molar-refractivity contribution in [2.24, 2.45) is 5.73 Å². The van der Waals surface area contributed by atoms with E-state index in [9.17, 15) is 9.18 Å². The zero-order valence-corrected chi connectivity index (χ0v) is 9.09. The highest BCUT2D eigenvalue weighted by Gasteiger charge is 2.16. The smallest absolute Gasteiger partial charge is 0.327 e. The molecule has 3 nitrogen and oxygen atoms in total. The van der Waals surface area contributed by atoms with Crippen molar-refractivity contribution >= 4 is 18.4 Å². The van der Waals surface area contributed by atoms with E-state index >= 15 is 0 Å². The van der Waals surface area contributed by atoms with Crippen LogP contribution in [-0.2, 0) is 9.53 Å². The van der Waals surface area contributed by atoms with Crippen molar-refractivity contribution < 1.29 is 13.9 Å². The van der Waals surface area contributed by atoms with Gasteiger partial charge in [0.25, 0.3) is 0 Å². The largest absolute Gasteiger partial charge is 0.465 e. The summed E-state index contributed by atoms with van der Waals surface area (Å²) in [6, 6.07) is 4.62. The van der Waals surface area contributed by atoms with Crippen molar-refractivity contribution in [3.8, 4) is 0 Å². The number of carbonyl (C=O) groups is 1. The molecule has 0 bridgehead atoms. The van der Waals surface area contributed by atoms with Gasteiger partial charge in [-0.3, -0.25) is 0 Å². The lowest BCUT2D eigenvalue weighted by Gasteiger charge is -2.10. The van der Waals surface area contributed by atoms with Gasteiger partial charge in [0.05, 0.1) is 6.61 Å². The molecule has 0 aliphatic carbocycles. The first kappa shape index (κ1) is 13.9. The molecule has 5 heteroatoms. The molecule has 0 saturated heterocycles. The van der Waals surface area contributed by atoms with Crippen LogP contribution in [0.4, 0.5) is 4.39 Å². The maximum Gasteiger partial charge on any atom is 0.327 e. The Morgan fingerprint density at radius 1 is 1.47 bits per heavy atom. The molecular formula is C10H13ClFNO2. The molecule has 15 heavy (non-hydrogen) atoms. The summed E-state index contributed by atoms with van der Waals surface area (Å²) in [6.07, 6.45) is 0. The molecule has 1 aromatic rings. The predicted octanol–water partition coefficient (Wildman–Crippen LogP) is 1.81. The zero-order chi connectivity index (χ0) is 10.6. The molecule has 1 unspecified atom stereocenters. The quantitative estimate of drug-likeness (QED) is 0.811. The van der Waals surface area contributed by atoms with E-state index in [1.807, 2.05) is 0 Å². The molecule has 0 amide bonds. The Morgan fingerprint density at radius 3 is 2.47 bits per heavy atom. The topological polar surface area (TPSA) is 52.3 Å². The highest BCUT2D eigenvalue weighted by Crippen LogP contribution is 2.12. The van der Waals surface area contributed by atoms with Crippen LogP contribution in [0.3, 0.4) is 0 Å². The molecule has 0 fully saturated rings. The molecule has 0 saturated carbocycles. The van der Waals surface area contributed by atoms with Crippen LogP contribution in [0.15, 0.2) is 24.3 Å². The summed E-state index contributed by atoms with van der Waals surface area (Å²) >= 11 is 0. The maximum atomic E-state index is 12.5. The molecule has 1 aromatic carbocycles. The van der Waals surface area contributed by atoms with Crippen LogP contribution in [0, 0.1) is 5.82 Å². The van der Waals surface area contributed by atoms with Crippen LogP contribution in [-0.4, -0.2) is 12.6 Å². The minimum atomic E-state index is -0.837. The average Bonchev–Trinajstić information content (AvgIpc) is 2.18. The summed E-state index contributed by atoms with van der Waals surface area (Å²) < 4.78 is 17.3. The standard InChI is InChI=1S/C10H12FNO2.ClH/c1-2-14-10(13)9(12)7-3-5-8(11)6-4-7;/h3-6,9H,2,12H2,1H3;1H. The van der Waals surface area contributed by atoms with E-state index < -0.39 is 12.0 Å². The van der Waals surface area contributed by atoms with E-state index in [2.05, 4.69) is 0 Å². The molecule has 0 aliphatic rings. The summed E-state index contributed by atoms with van der Waals surface area (Å²) in [5, 5.41) is 0. The predicted molar refractivity (Wildman–Crippen MR) is 57.2 cm³/mol. The van der Waals surface area contributed by atoms with Gasteiger partial charge in [0, 0.05) is 0 Å². The minimum Gasteiger partial charge on any atom is -0.465 e. The molecule has 84 valence electrons. The summed E-state index contributed by atoms with van der Waals surface area (Å²) in [4.78, 5) is 11.2. The fourth-order valence-corrected chi connectivity index (χ4v) is 1.04. The first-order valence-electron chi connectivity index (χ1n) is 4.33. The molecule has 0 aliphatic heterocycles. The Balaban J connectivity index is 0.00000196. The number of ether oxygens (including phenoxy) is 1. The van der Waals surface area contributed by atoms with Gasteiger partial charge in [0.1, 0.15) is 11.9 Å². The number of esters is 1. The number of nitrogens with two attached hydrogens (primary N) is 1. The van der Waals surface area contributed by atoms with Crippen molar-refractivity contribution in [3.05, 3.63) is 35.6 Å². The first-order chi connectivity index (χ1) is 6.65. The maximum absolute atomic E-state index is 12.5. The van der Waals surface area contributed by atoms with Crippen LogP contribution in [0.1, 0.15) is 18.5 Å². The number of carbonyl (C=O) groups excluding carboxylic acids is 1. The minimum absolute atomic E-state index is 0. The first-order valence-corrected chi connectivity index (χ1v) is 4.33. The van der Waals surface area contributed by atoms with Gasteiger partial charge in [-0.05, 0) is 24.6 Å². The Labute approximate surface area is 93.8 Å². The van der Waals surface area contributed by atoms with E-state index in [0.29, 0.717) is 5.56 Å². The van der Waals surface area contributed by atoms with E-state index in [0.717, 1.165) is 0 Å². The normalized spacial score (nSPS) is 11.4. The van der Waals surface area contributed by atoms with E-state index in [1.54, 1.807) is 6.92 Å². The van der Waals surface area contributed by atoms with Crippen molar-refractivity contribution in [3.63, 3.8) is 0 Å². The van der Waals surface area contributed by atoms with Gasteiger partial charge in [-0.25, -0.2) is 9.18 Å². The van der Waals surface area contributed by atoms with Crippen molar-refractivity contribution in [1.82, 2.24) is 0 Å². The number of rotatable bonds is 3. The Hall–Kier alpha value is -1.13. The molecule has 2 N–H and O–H groups in total. The average molecular weight is 234 g/mol. The molecule has 0 spiro atoms. The second-order valence-electron chi connectivity index (χ2n) is 2.78. The van der Waals surface area contributed by atoms with Gasteiger partial charge in [-0.1, -0.05) is 12.1 Å². The molecular weight excluding hydrogens is 221 g/mol. The third kappa shape index (κ3) is 3.85. The van der Waals surface area contributed by atoms with Crippen molar-refractivity contribution in [2.45, 2.75) is 13.0 Å². The highest BCUT2D eigenvalue weighted by molar-refractivity contribution is 5.85. The summed E-state index contributed by atoms with van der Waals surface area (Å²) in [6.45, 7) is 1.99. The van der Waals surface area contributed by atoms with Crippen molar-refractivity contribution in [2.75, 3.05) is 6.61 Å². The van der Waals surface area contributed by atoms with Crippen LogP contribution >= 0.6 is 12.4 Å². The lowest BCUT2D eigenvalue weighted by Crippen LogP contribution is -2.23. The van der Waals surface area contributed by atoms with E-state index in [4.69, 9.17) is 10.5 Å². The summed E-state index contributed by atoms with van der Waals surface area (Å²) in [5.41, 5.74) is 6.12. The van der Waals surface area contributed by atoms with Crippen molar-refractivity contribution in [1.29, 1.82) is 0 Å². The van der Waals surface area contributed by atoms with Crippen LogP contribution in [0.25, 0.3) is 0 Å². The van der Waals surface area contributed by atoms with Crippen LogP contribution < -0.4 is 5.73 Å². The number of hydrogen-bond acceptors (Lipinski definition) is 3. The zero-order valence-electron chi connectivity index (χ0n) is 8.27. The Kier molecular flexibility index (Phi) is 5.89. The van der Waals surface area contributed by atoms with Gasteiger partial charge in [0.15, 0.2) is 0 Å². The second kappa shape index (κ2) is 6.37. The van der Waals surface area contributed by atoms with Gasteiger partial charge in [-0.15, -0.1) is 12.4 Å². The monoisotopic (exact) mass is 233 g/mol. The number of halogens is 2. The molecule has 0 radical (unpaired) electrons. The highest BCUT2D eigenvalue weighted by atomic mass is 35.5.